The maximum absolute atomic E-state index is 12.5. The molecule has 3 N–H and O–H groups in total. The first-order chi connectivity index (χ1) is 19.9. The maximum Gasteiger partial charge on any atom is 0.298 e. The Labute approximate surface area is 273 Å². The van der Waals surface area contributed by atoms with E-state index in [0.717, 1.165) is 64.4 Å². The molecule has 9 nitrogen and oxygen atoms in total. The Bertz CT molecular complexity index is 1440. The number of amides is 1. The molecule has 3 heterocycles. The van der Waals surface area contributed by atoms with Gasteiger partial charge in [-0.3, -0.25) is 19.0 Å². The Morgan fingerprint density at radius 2 is 1.64 bits per heavy atom. The van der Waals surface area contributed by atoms with Crippen LogP contribution in [0.1, 0.15) is 64.1 Å². The molecule has 1 fully saturated rings. The summed E-state index contributed by atoms with van der Waals surface area (Å²) in [5.74, 6) is 2.16. The van der Waals surface area contributed by atoms with E-state index >= 15 is 0 Å². The normalized spacial score (nSPS) is 17.8. The first-order valence-corrected chi connectivity index (χ1v) is 17.7. The lowest BCUT2D eigenvalue weighted by Crippen LogP contribution is -2.26. The number of fused-ring (bicyclic) bond motifs is 2. The number of aromatic nitrogens is 2. The van der Waals surface area contributed by atoms with Gasteiger partial charge in [0, 0.05) is 55.2 Å². The minimum atomic E-state index is -1.67. The van der Waals surface area contributed by atoms with Gasteiger partial charge < -0.3 is 15.8 Å². The zero-order valence-electron chi connectivity index (χ0n) is 23.3. The van der Waals surface area contributed by atoms with Crippen LogP contribution in [0.5, 0.6) is 5.75 Å². The third kappa shape index (κ3) is 11.9. The molecule has 14 heteroatoms. The van der Waals surface area contributed by atoms with Crippen LogP contribution in [0.3, 0.4) is 0 Å². The van der Waals surface area contributed by atoms with Gasteiger partial charge in [0.05, 0.1) is 16.6 Å². The Morgan fingerprint density at radius 1 is 1.02 bits per heavy atom. The number of nitrogens with one attached hydrogen (secondary N) is 1. The lowest BCUT2D eigenvalue weighted by Gasteiger charge is -2.14. The predicted molar refractivity (Wildman–Crippen MR) is 177 cm³/mol. The highest BCUT2D eigenvalue weighted by Crippen LogP contribution is 2.26. The highest BCUT2D eigenvalue weighted by atomic mass is 79.9. The average Bonchev–Trinajstić information content (AvgIpc) is 3.23. The van der Waals surface area contributed by atoms with Crippen molar-refractivity contribution in [1.29, 1.82) is 0 Å². The minimum Gasteiger partial charge on any atom is -0.427 e. The first-order valence-electron chi connectivity index (χ1n) is 13.3. The van der Waals surface area contributed by atoms with Crippen LogP contribution < -0.4 is 21.3 Å². The Morgan fingerprint density at radius 3 is 2.31 bits per heavy atom. The van der Waals surface area contributed by atoms with E-state index in [-0.39, 0.29) is 17.4 Å². The number of nitrogens with zero attached hydrogens (tertiary/aromatic N) is 2. The zero-order valence-corrected chi connectivity index (χ0v) is 28.8. The molecule has 1 amide bonds. The molecular formula is C28H34Br2Cl2N4O5S. The van der Waals surface area contributed by atoms with Crippen LogP contribution in [0.4, 0.5) is 5.69 Å². The van der Waals surface area contributed by atoms with Crippen LogP contribution >= 0.6 is 53.2 Å². The molecule has 230 valence electrons. The number of nitrogen functional groups attached to an aromatic ring is 1. The molecule has 5 rings (SSSR count). The summed E-state index contributed by atoms with van der Waals surface area (Å²) in [7, 11) is 7.36. The van der Waals surface area contributed by atoms with Crippen LogP contribution in [0.25, 0.3) is 10.9 Å². The largest absolute Gasteiger partial charge is 0.427 e. The smallest absolute Gasteiger partial charge is 0.298 e. The van der Waals surface area contributed by atoms with Crippen molar-refractivity contribution in [3.05, 3.63) is 61.5 Å². The maximum atomic E-state index is 12.5. The average molecular weight is 769 g/mol. The number of hydrogen-bond donors (Lipinski definition) is 2. The molecule has 3 aromatic rings. The van der Waals surface area contributed by atoms with Crippen LogP contribution in [-0.4, -0.2) is 32.7 Å². The highest BCUT2D eigenvalue weighted by molar-refractivity contribution is 9.10. The summed E-state index contributed by atoms with van der Waals surface area (Å²) in [5.41, 5.74) is 6.84. The second kappa shape index (κ2) is 18.6. The fourth-order valence-corrected chi connectivity index (χ4v) is 5.15. The molecule has 0 bridgehead atoms. The van der Waals surface area contributed by atoms with Crippen molar-refractivity contribution in [2.45, 2.75) is 64.8 Å². The number of hydrogen-bond acceptors (Lipinski definition) is 7. The lowest BCUT2D eigenvalue weighted by atomic mass is 10.0. The van der Waals surface area contributed by atoms with Gasteiger partial charge in [0.15, 0.2) is 5.75 Å². The molecule has 0 spiro atoms. The Kier molecular flexibility index (Phi) is 16.1. The van der Waals surface area contributed by atoms with Gasteiger partial charge in [0.1, 0.15) is 5.82 Å². The molecule has 1 saturated heterocycles. The summed E-state index contributed by atoms with van der Waals surface area (Å²) in [5, 5.41) is 3.57. The zero-order chi connectivity index (χ0) is 31.2. The van der Waals surface area contributed by atoms with E-state index in [1.54, 1.807) is 18.2 Å². The minimum absolute atomic E-state index is 0.108. The summed E-state index contributed by atoms with van der Waals surface area (Å²) < 4.78 is 17.3. The summed E-state index contributed by atoms with van der Waals surface area (Å²) in [6.45, 7) is 6.17. The number of ether oxygens (including phenoxy) is 1. The fraction of sp³-hybridized carbons (Fsp3) is 0.429. The second-order valence-corrected chi connectivity index (χ2v) is 14.1. The molecule has 0 radical (unpaired) electrons. The van der Waals surface area contributed by atoms with Crippen molar-refractivity contribution in [3.63, 3.8) is 0 Å². The van der Waals surface area contributed by atoms with Crippen molar-refractivity contribution < 1.29 is 18.5 Å². The van der Waals surface area contributed by atoms with Crippen molar-refractivity contribution in [2.75, 3.05) is 12.3 Å². The summed E-state index contributed by atoms with van der Waals surface area (Å²) >= 11 is 6.66. The van der Waals surface area contributed by atoms with Crippen LogP contribution in [0, 0.1) is 5.92 Å². The van der Waals surface area contributed by atoms with E-state index < -0.39 is 9.23 Å². The number of carbonyl (C=O) groups is 2. The van der Waals surface area contributed by atoms with E-state index in [1.165, 1.54) is 12.8 Å². The third-order valence-corrected chi connectivity index (χ3v) is 7.60. The Hall–Kier alpha value is -1.99. The van der Waals surface area contributed by atoms with Gasteiger partial charge in [-0.1, -0.05) is 58.5 Å². The van der Waals surface area contributed by atoms with E-state index in [9.17, 15) is 14.4 Å². The number of halogens is 4. The molecule has 2 unspecified atom stereocenters. The van der Waals surface area contributed by atoms with Gasteiger partial charge in [-0.2, -0.15) is 0 Å². The van der Waals surface area contributed by atoms with E-state index in [1.807, 2.05) is 29.7 Å². The van der Waals surface area contributed by atoms with Crippen molar-refractivity contribution >= 4 is 91.4 Å². The van der Waals surface area contributed by atoms with Crippen molar-refractivity contribution in [1.82, 2.24) is 14.9 Å². The van der Waals surface area contributed by atoms with Crippen LogP contribution in [0.2, 0.25) is 0 Å². The molecule has 42 heavy (non-hydrogen) atoms. The molecule has 1 aromatic heterocycles. The van der Waals surface area contributed by atoms with Gasteiger partial charge in [0.25, 0.3) is 12.0 Å². The second-order valence-electron chi connectivity index (χ2n) is 9.75. The Balaban J connectivity index is 0.000000221. The molecular weight excluding hydrogens is 735 g/mol. The van der Waals surface area contributed by atoms with Gasteiger partial charge in [0.2, 0.25) is 15.1 Å². The lowest BCUT2D eigenvalue weighted by molar-refractivity contribution is -0.124. The number of rotatable bonds is 2. The number of carbonyl (C=O) groups excluding carboxylic acids is 2. The van der Waals surface area contributed by atoms with Crippen LogP contribution in [-0.2, 0) is 25.4 Å². The van der Waals surface area contributed by atoms with E-state index in [2.05, 4.69) is 70.2 Å². The summed E-state index contributed by atoms with van der Waals surface area (Å²) in [6, 6.07) is 10.7. The summed E-state index contributed by atoms with van der Waals surface area (Å²) in [4.78, 5) is 38.0. The van der Waals surface area contributed by atoms with Crippen molar-refractivity contribution in [3.8, 4) is 5.75 Å². The highest BCUT2D eigenvalue weighted by Gasteiger charge is 2.19. The topological polar surface area (TPSA) is 133 Å². The van der Waals surface area contributed by atoms with E-state index in [0.29, 0.717) is 23.8 Å². The van der Waals surface area contributed by atoms with E-state index in [4.69, 9.17) is 14.9 Å². The first kappa shape index (κ1) is 36.2. The van der Waals surface area contributed by atoms with Gasteiger partial charge in [-0.15, -0.1) is 0 Å². The third-order valence-electron chi connectivity index (χ3n) is 6.61. The quantitative estimate of drug-likeness (QED) is 0.163. The standard InChI is InChI=1S/C14H15BrN2O.C7H6BrNO2.C7H13NO.Cl2OS/c1-9-4-2-3-7-17-13(9)16-12-8-10(15)5-6-11(12)14(17)18;8-5-1-2-7(11-4-10)6(9)3-5;1-6-4-2-3-5-8-7(6)9;1-4(2)3/h5-6,8-9H,2-4,7H2,1H3;1-4H,9H2;6H,2-5H2,1H3,(H,8,9);. The molecule has 2 aliphatic rings. The monoisotopic (exact) mass is 766 g/mol. The fourth-order valence-electron chi connectivity index (χ4n) is 4.42. The molecule has 2 aromatic carbocycles. The predicted octanol–water partition coefficient (Wildman–Crippen LogP) is 6.98. The molecule has 2 atom stereocenters. The van der Waals surface area contributed by atoms with Gasteiger partial charge in [-0.25, -0.2) is 9.19 Å². The summed E-state index contributed by atoms with van der Waals surface area (Å²) in [6.07, 6.45) is 6.76. The number of nitrogens with two attached hydrogens (primary N) is 1. The molecule has 0 aliphatic carbocycles. The van der Waals surface area contributed by atoms with Crippen molar-refractivity contribution in [2.24, 2.45) is 5.92 Å². The van der Waals surface area contributed by atoms with Crippen LogP contribution in [0.15, 0.2) is 50.1 Å². The molecule has 2 aliphatic heterocycles. The molecule has 0 saturated carbocycles. The number of anilines is 1. The number of benzene rings is 2. The SMILES string of the molecule is CC1CCCCNC1=O.CC1CCCCn2c1nc1cc(Br)ccc1c2=O.Nc1cc(Br)ccc1OC=O.O=S(Cl)Cl. The van der Waals surface area contributed by atoms with Gasteiger partial charge in [-0.05, 0) is 62.1 Å². The van der Waals surface area contributed by atoms with Gasteiger partial charge >= 0.3 is 0 Å².